The molecule has 0 bridgehead atoms. The van der Waals surface area contributed by atoms with Crippen LogP contribution in [0, 0.1) is 0 Å². The Kier molecular flexibility index (Phi) is 5.90. The van der Waals surface area contributed by atoms with E-state index < -0.39 is 0 Å². The molecule has 1 unspecified atom stereocenters. The Balaban J connectivity index is 1.57. The lowest BCUT2D eigenvalue weighted by molar-refractivity contribution is -0.130. The van der Waals surface area contributed by atoms with Gasteiger partial charge >= 0.3 is 0 Å². The predicted octanol–water partition coefficient (Wildman–Crippen LogP) is 5.32. The Morgan fingerprint density at radius 2 is 1.82 bits per heavy atom. The van der Waals surface area contributed by atoms with Gasteiger partial charge in [0.2, 0.25) is 5.91 Å². The minimum Gasteiger partial charge on any atom is -0.493 e. The number of hydrazone groups is 1. The van der Waals surface area contributed by atoms with Gasteiger partial charge in [0.25, 0.3) is 0 Å². The van der Waals surface area contributed by atoms with Gasteiger partial charge < -0.3 is 9.47 Å². The number of ether oxygens (including phenoxy) is 2. The van der Waals surface area contributed by atoms with Crippen LogP contribution in [0.2, 0.25) is 0 Å². The molecule has 0 radical (unpaired) electrons. The number of rotatable bonds is 6. The summed E-state index contributed by atoms with van der Waals surface area (Å²) in [5.74, 6) is 1.15. The summed E-state index contributed by atoms with van der Waals surface area (Å²) in [6, 6.07) is 17.4. The molecule has 4 aromatic rings. The highest BCUT2D eigenvalue weighted by atomic mass is 32.1. The standard InChI is InChI=1S/C26H24N4O3S/c1-17(31)30-23(14-22(27-30)18-9-10-24(32-2)25(13-18)33-3)21-15-29(20-7-5-4-6-8-20)28-26(21)19-11-12-34-16-19/h4-13,15-16,23H,14H2,1-3H3. The molecule has 3 heterocycles. The number of hydrogen-bond acceptors (Lipinski definition) is 6. The summed E-state index contributed by atoms with van der Waals surface area (Å²) in [5, 5.41) is 15.3. The molecule has 8 heteroatoms. The van der Waals surface area contributed by atoms with Gasteiger partial charge in [-0.1, -0.05) is 18.2 Å². The number of para-hydroxylation sites is 1. The van der Waals surface area contributed by atoms with E-state index in [1.165, 1.54) is 0 Å². The third kappa shape index (κ3) is 3.97. The minimum absolute atomic E-state index is 0.121. The van der Waals surface area contributed by atoms with Crippen LogP contribution in [0.25, 0.3) is 16.9 Å². The van der Waals surface area contributed by atoms with E-state index in [-0.39, 0.29) is 11.9 Å². The third-order valence-electron chi connectivity index (χ3n) is 5.87. The number of nitrogens with zero attached hydrogens (tertiary/aromatic N) is 4. The second-order valence-corrected chi connectivity index (χ2v) is 8.71. The van der Waals surface area contributed by atoms with Crippen LogP contribution in [0.4, 0.5) is 0 Å². The fourth-order valence-electron chi connectivity index (χ4n) is 4.20. The fraction of sp³-hybridized carbons (Fsp3) is 0.192. The van der Waals surface area contributed by atoms with Crippen molar-refractivity contribution < 1.29 is 14.3 Å². The smallest absolute Gasteiger partial charge is 0.240 e. The van der Waals surface area contributed by atoms with Crippen molar-refractivity contribution in [2.45, 2.75) is 19.4 Å². The van der Waals surface area contributed by atoms with Gasteiger partial charge in [-0.2, -0.15) is 21.5 Å². The summed E-state index contributed by atoms with van der Waals surface area (Å²) in [4.78, 5) is 12.7. The molecule has 0 saturated heterocycles. The van der Waals surface area contributed by atoms with Gasteiger partial charge in [-0.05, 0) is 41.8 Å². The number of hydrogen-bond donors (Lipinski definition) is 0. The molecule has 5 rings (SSSR count). The van der Waals surface area contributed by atoms with E-state index in [9.17, 15) is 4.79 Å². The van der Waals surface area contributed by atoms with Gasteiger partial charge in [-0.3, -0.25) is 4.79 Å². The maximum atomic E-state index is 12.7. The highest BCUT2D eigenvalue weighted by Gasteiger charge is 2.35. The second kappa shape index (κ2) is 9.15. The Bertz CT molecular complexity index is 1350. The summed E-state index contributed by atoms with van der Waals surface area (Å²) < 4.78 is 12.7. The Labute approximate surface area is 201 Å². The summed E-state index contributed by atoms with van der Waals surface area (Å²) in [7, 11) is 3.21. The van der Waals surface area contributed by atoms with Gasteiger partial charge in [-0.25, -0.2) is 9.69 Å². The molecule has 1 aliphatic rings. The van der Waals surface area contributed by atoms with Crippen LogP contribution in [0.3, 0.4) is 0 Å². The lowest BCUT2D eigenvalue weighted by Gasteiger charge is -2.20. The highest BCUT2D eigenvalue weighted by Crippen LogP contribution is 2.39. The third-order valence-corrected chi connectivity index (χ3v) is 6.55. The van der Waals surface area contributed by atoms with E-state index >= 15 is 0 Å². The molecule has 7 nitrogen and oxygen atoms in total. The van der Waals surface area contributed by atoms with Crippen LogP contribution < -0.4 is 9.47 Å². The average Bonchev–Trinajstić information content (AvgIpc) is 3.63. The first-order valence-corrected chi connectivity index (χ1v) is 11.8. The summed E-state index contributed by atoms with van der Waals surface area (Å²) in [6.45, 7) is 1.54. The van der Waals surface area contributed by atoms with Crippen LogP contribution in [0.15, 0.2) is 76.7 Å². The van der Waals surface area contributed by atoms with Crippen molar-refractivity contribution in [3.05, 3.63) is 82.7 Å². The van der Waals surface area contributed by atoms with E-state index in [0.717, 1.165) is 33.8 Å². The van der Waals surface area contributed by atoms with Crippen molar-refractivity contribution in [2.24, 2.45) is 5.10 Å². The molecule has 172 valence electrons. The zero-order valence-corrected chi connectivity index (χ0v) is 20.0. The van der Waals surface area contributed by atoms with E-state index in [0.29, 0.717) is 17.9 Å². The molecule has 0 spiro atoms. The van der Waals surface area contributed by atoms with Gasteiger partial charge in [0, 0.05) is 41.6 Å². The van der Waals surface area contributed by atoms with Crippen LogP contribution >= 0.6 is 11.3 Å². The lowest BCUT2D eigenvalue weighted by atomic mass is 9.97. The number of thiophene rings is 1. The van der Waals surface area contributed by atoms with E-state index in [1.807, 2.05) is 64.8 Å². The first kappa shape index (κ1) is 21.9. The van der Waals surface area contributed by atoms with E-state index in [1.54, 1.807) is 37.5 Å². The molecular formula is C26H24N4O3S. The van der Waals surface area contributed by atoms with E-state index in [2.05, 4.69) is 11.4 Å². The zero-order valence-electron chi connectivity index (χ0n) is 19.1. The summed E-state index contributed by atoms with van der Waals surface area (Å²) in [6.07, 6.45) is 2.57. The number of aromatic nitrogens is 2. The predicted molar refractivity (Wildman–Crippen MR) is 133 cm³/mol. The number of carbonyl (C=O) groups excluding carboxylic acids is 1. The molecule has 1 atom stereocenters. The molecule has 2 aromatic heterocycles. The Hall–Kier alpha value is -3.91. The normalized spacial score (nSPS) is 15.3. The maximum Gasteiger partial charge on any atom is 0.240 e. The maximum absolute atomic E-state index is 12.7. The van der Waals surface area contributed by atoms with E-state index in [4.69, 9.17) is 19.7 Å². The van der Waals surface area contributed by atoms with Crippen molar-refractivity contribution in [1.29, 1.82) is 0 Å². The van der Waals surface area contributed by atoms with Crippen LogP contribution in [-0.4, -0.2) is 40.6 Å². The SMILES string of the molecule is COc1ccc(C2=NN(C(C)=O)C(c3cn(-c4ccccc4)nc3-c3ccsc3)C2)cc1OC. The molecule has 0 saturated carbocycles. The number of methoxy groups -OCH3 is 2. The van der Waals surface area contributed by atoms with Crippen molar-refractivity contribution in [2.75, 3.05) is 14.2 Å². The van der Waals surface area contributed by atoms with Crippen LogP contribution in [0.5, 0.6) is 11.5 Å². The summed E-state index contributed by atoms with van der Waals surface area (Å²) in [5.41, 5.74) is 5.49. The van der Waals surface area contributed by atoms with Crippen molar-refractivity contribution in [1.82, 2.24) is 14.8 Å². The Morgan fingerprint density at radius 1 is 1.03 bits per heavy atom. The van der Waals surface area contributed by atoms with Gasteiger partial charge in [0.1, 0.15) is 0 Å². The molecule has 1 aliphatic heterocycles. The fourth-order valence-corrected chi connectivity index (χ4v) is 4.84. The molecular weight excluding hydrogens is 448 g/mol. The molecule has 1 amide bonds. The number of benzene rings is 2. The largest absolute Gasteiger partial charge is 0.493 e. The molecule has 0 N–H and O–H groups in total. The second-order valence-electron chi connectivity index (χ2n) is 7.93. The zero-order chi connectivity index (χ0) is 23.7. The van der Waals surface area contributed by atoms with Crippen molar-refractivity contribution in [3.63, 3.8) is 0 Å². The first-order valence-electron chi connectivity index (χ1n) is 10.9. The first-order chi connectivity index (χ1) is 16.6. The van der Waals surface area contributed by atoms with Crippen LogP contribution in [-0.2, 0) is 4.79 Å². The van der Waals surface area contributed by atoms with Gasteiger partial charge in [-0.15, -0.1) is 0 Å². The lowest BCUT2D eigenvalue weighted by Crippen LogP contribution is -2.24. The molecule has 34 heavy (non-hydrogen) atoms. The molecule has 0 fully saturated rings. The monoisotopic (exact) mass is 472 g/mol. The van der Waals surface area contributed by atoms with Crippen molar-refractivity contribution in [3.8, 4) is 28.4 Å². The topological polar surface area (TPSA) is 69.0 Å². The minimum atomic E-state index is -0.270. The number of carbonyl (C=O) groups is 1. The quantitative estimate of drug-likeness (QED) is 0.381. The number of amides is 1. The Morgan fingerprint density at radius 3 is 2.50 bits per heavy atom. The summed E-state index contributed by atoms with van der Waals surface area (Å²) >= 11 is 1.62. The van der Waals surface area contributed by atoms with Gasteiger partial charge in [0.05, 0.1) is 37.4 Å². The van der Waals surface area contributed by atoms with Crippen molar-refractivity contribution >= 4 is 23.0 Å². The molecule has 2 aromatic carbocycles. The van der Waals surface area contributed by atoms with Gasteiger partial charge in [0.15, 0.2) is 11.5 Å². The highest BCUT2D eigenvalue weighted by molar-refractivity contribution is 7.08. The molecule has 0 aliphatic carbocycles. The van der Waals surface area contributed by atoms with Crippen LogP contribution in [0.1, 0.15) is 30.5 Å². The average molecular weight is 473 g/mol.